The van der Waals surface area contributed by atoms with Gasteiger partial charge in [0.15, 0.2) is 0 Å². The summed E-state index contributed by atoms with van der Waals surface area (Å²) >= 11 is 1.52. The number of ether oxygens (including phenoxy) is 2. The van der Waals surface area contributed by atoms with Gasteiger partial charge in [-0.25, -0.2) is 4.98 Å². The second kappa shape index (κ2) is 9.76. The molecule has 5 nitrogen and oxygen atoms in total. The molecule has 1 saturated carbocycles. The molecule has 6 heteroatoms. The van der Waals surface area contributed by atoms with Gasteiger partial charge in [-0.2, -0.15) is 0 Å². The number of hydrogen-bond donors (Lipinski definition) is 1. The number of hydrogen-bond acceptors (Lipinski definition) is 5. The summed E-state index contributed by atoms with van der Waals surface area (Å²) in [5, 5.41) is 5.77. The molecule has 1 heterocycles. The molecule has 4 rings (SSSR count). The predicted octanol–water partition coefficient (Wildman–Crippen LogP) is 5.71. The maximum Gasteiger partial charge on any atom is 0.230 e. The first kappa shape index (κ1) is 20.4. The molecule has 0 bridgehead atoms. The number of benzene rings is 2. The molecule has 1 aromatic heterocycles. The molecule has 0 spiro atoms. The van der Waals surface area contributed by atoms with E-state index in [1.807, 2.05) is 60.8 Å². The first-order chi connectivity index (χ1) is 14.7. The normalized spacial score (nSPS) is 13.9. The van der Waals surface area contributed by atoms with Crippen molar-refractivity contribution in [1.82, 2.24) is 4.98 Å². The molecule has 1 fully saturated rings. The summed E-state index contributed by atoms with van der Waals surface area (Å²) < 4.78 is 11.8. The van der Waals surface area contributed by atoms with Gasteiger partial charge in [-0.1, -0.05) is 24.3 Å². The van der Waals surface area contributed by atoms with Crippen LogP contribution < -0.4 is 14.8 Å². The second-order valence-corrected chi connectivity index (χ2v) is 8.18. The monoisotopic (exact) mass is 422 g/mol. The Morgan fingerprint density at radius 3 is 2.63 bits per heavy atom. The van der Waals surface area contributed by atoms with Crippen molar-refractivity contribution in [3.8, 4) is 22.1 Å². The van der Waals surface area contributed by atoms with Crippen LogP contribution in [0.15, 0.2) is 53.9 Å². The minimum Gasteiger partial charge on any atom is -0.493 e. The SMILES string of the molecule is CCOc1ccccc1-c1nc(CC(=O)Nc2ccccc2OC2CCCC2)cs1. The zero-order valence-corrected chi connectivity index (χ0v) is 17.9. The van der Waals surface area contributed by atoms with E-state index in [9.17, 15) is 4.79 Å². The molecule has 30 heavy (non-hydrogen) atoms. The van der Waals surface area contributed by atoms with Crippen LogP contribution in [0.4, 0.5) is 5.69 Å². The summed E-state index contributed by atoms with van der Waals surface area (Å²) in [6.07, 6.45) is 5.02. The summed E-state index contributed by atoms with van der Waals surface area (Å²) in [6.45, 7) is 2.56. The van der Waals surface area contributed by atoms with Gasteiger partial charge in [-0.3, -0.25) is 4.79 Å². The van der Waals surface area contributed by atoms with E-state index in [0.717, 1.165) is 40.6 Å². The molecule has 0 atom stereocenters. The molecule has 0 radical (unpaired) electrons. The van der Waals surface area contributed by atoms with Crippen LogP contribution >= 0.6 is 11.3 Å². The summed E-state index contributed by atoms with van der Waals surface area (Å²) in [4.78, 5) is 17.3. The van der Waals surface area contributed by atoms with Gasteiger partial charge in [0.1, 0.15) is 16.5 Å². The van der Waals surface area contributed by atoms with Crippen LogP contribution in [-0.2, 0) is 11.2 Å². The van der Waals surface area contributed by atoms with Crippen molar-refractivity contribution in [2.24, 2.45) is 0 Å². The topological polar surface area (TPSA) is 60.5 Å². The average Bonchev–Trinajstić information content (AvgIpc) is 3.42. The van der Waals surface area contributed by atoms with Gasteiger partial charge in [-0.05, 0) is 56.9 Å². The van der Waals surface area contributed by atoms with Gasteiger partial charge in [0.2, 0.25) is 5.91 Å². The van der Waals surface area contributed by atoms with Crippen LogP contribution in [0, 0.1) is 0 Å². The number of thiazole rings is 1. The lowest BCUT2D eigenvalue weighted by Crippen LogP contribution is -2.17. The minimum absolute atomic E-state index is 0.104. The molecule has 1 N–H and O–H groups in total. The first-order valence-electron chi connectivity index (χ1n) is 10.4. The summed E-state index contributed by atoms with van der Waals surface area (Å²) in [5.41, 5.74) is 2.41. The minimum atomic E-state index is -0.104. The molecule has 0 saturated heterocycles. The molecule has 3 aromatic rings. The fourth-order valence-electron chi connectivity index (χ4n) is 3.65. The zero-order valence-electron chi connectivity index (χ0n) is 17.1. The Hall–Kier alpha value is -2.86. The van der Waals surface area contributed by atoms with E-state index in [4.69, 9.17) is 9.47 Å². The maximum atomic E-state index is 12.7. The smallest absolute Gasteiger partial charge is 0.230 e. The summed E-state index contributed by atoms with van der Waals surface area (Å²) in [7, 11) is 0. The molecule has 0 unspecified atom stereocenters. The highest BCUT2D eigenvalue weighted by atomic mass is 32.1. The van der Waals surface area contributed by atoms with E-state index in [0.29, 0.717) is 12.3 Å². The van der Waals surface area contributed by atoms with Crippen LogP contribution in [0.2, 0.25) is 0 Å². The first-order valence-corrected chi connectivity index (χ1v) is 11.3. The highest BCUT2D eigenvalue weighted by Crippen LogP contribution is 2.33. The largest absolute Gasteiger partial charge is 0.493 e. The van der Waals surface area contributed by atoms with Crippen LogP contribution in [0.3, 0.4) is 0 Å². The quantitative estimate of drug-likeness (QED) is 0.505. The van der Waals surface area contributed by atoms with Crippen LogP contribution in [0.1, 0.15) is 38.3 Å². The Kier molecular flexibility index (Phi) is 6.64. The van der Waals surface area contributed by atoms with Gasteiger partial charge in [-0.15, -0.1) is 11.3 Å². The molecule has 2 aromatic carbocycles. The van der Waals surface area contributed by atoms with E-state index in [1.54, 1.807) is 0 Å². The maximum absolute atomic E-state index is 12.7. The van der Waals surface area contributed by atoms with Crippen molar-refractivity contribution in [2.45, 2.75) is 45.1 Å². The van der Waals surface area contributed by atoms with Gasteiger partial charge < -0.3 is 14.8 Å². The third-order valence-electron chi connectivity index (χ3n) is 5.07. The number of nitrogens with one attached hydrogen (secondary N) is 1. The van der Waals surface area contributed by atoms with Crippen molar-refractivity contribution in [3.63, 3.8) is 0 Å². The van der Waals surface area contributed by atoms with Crippen molar-refractivity contribution < 1.29 is 14.3 Å². The van der Waals surface area contributed by atoms with E-state index in [-0.39, 0.29) is 18.4 Å². The molecule has 1 amide bonds. The van der Waals surface area contributed by atoms with E-state index >= 15 is 0 Å². The fourth-order valence-corrected chi connectivity index (χ4v) is 4.50. The molecule has 1 aliphatic rings. The third kappa shape index (κ3) is 5.00. The highest BCUT2D eigenvalue weighted by molar-refractivity contribution is 7.13. The van der Waals surface area contributed by atoms with Crippen molar-refractivity contribution in [1.29, 1.82) is 0 Å². The number of nitrogens with zero attached hydrogens (tertiary/aromatic N) is 1. The number of carbonyl (C=O) groups excluding carboxylic acids is 1. The Labute approximate surface area is 181 Å². The van der Waals surface area contributed by atoms with Gasteiger partial charge in [0.05, 0.1) is 36.1 Å². The number of para-hydroxylation sites is 3. The van der Waals surface area contributed by atoms with Crippen molar-refractivity contribution in [2.75, 3.05) is 11.9 Å². The van der Waals surface area contributed by atoms with Gasteiger partial charge in [0, 0.05) is 5.38 Å². The van der Waals surface area contributed by atoms with Crippen molar-refractivity contribution in [3.05, 3.63) is 59.6 Å². The lowest BCUT2D eigenvalue weighted by Gasteiger charge is -2.16. The Balaban J connectivity index is 1.42. The van der Waals surface area contributed by atoms with Gasteiger partial charge in [0.25, 0.3) is 0 Å². The second-order valence-electron chi connectivity index (χ2n) is 7.32. The Morgan fingerprint density at radius 1 is 1.10 bits per heavy atom. The number of aromatic nitrogens is 1. The van der Waals surface area contributed by atoms with Crippen LogP contribution in [0.5, 0.6) is 11.5 Å². The molecular formula is C24H26N2O3S. The zero-order chi connectivity index (χ0) is 20.8. The van der Waals surface area contributed by atoms with Crippen LogP contribution in [0.25, 0.3) is 10.6 Å². The molecule has 0 aliphatic heterocycles. The van der Waals surface area contributed by atoms with E-state index in [1.165, 1.54) is 24.2 Å². The predicted molar refractivity (Wildman–Crippen MR) is 120 cm³/mol. The fraction of sp³-hybridized carbons (Fsp3) is 0.333. The number of rotatable bonds is 8. The third-order valence-corrected chi connectivity index (χ3v) is 5.99. The summed E-state index contributed by atoms with van der Waals surface area (Å²) in [6, 6.07) is 15.5. The molecular weight excluding hydrogens is 396 g/mol. The van der Waals surface area contributed by atoms with Crippen LogP contribution in [-0.4, -0.2) is 23.6 Å². The van der Waals surface area contributed by atoms with E-state index in [2.05, 4.69) is 10.3 Å². The average molecular weight is 423 g/mol. The molecule has 1 aliphatic carbocycles. The lowest BCUT2D eigenvalue weighted by molar-refractivity contribution is -0.115. The van der Waals surface area contributed by atoms with E-state index < -0.39 is 0 Å². The molecule has 156 valence electrons. The van der Waals surface area contributed by atoms with Crippen molar-refractivity contribution >= 4 is 22.9 Å². The standard InChI is InChI=1S/C24H26N2O3S/c1-2-28-21-13-7-5-11-19(21)24-25-17(16-30-24)15-23(27)26-20-12-6-8-14-22(20)29-18-9-3-4-10-18/h5-8,11-14,16,18H,2-4,9-10,15H2,1H3,(H,26,27). The number of anilines is 1. The lowest BCUT2D eigenvalue weighted by atomic mass is 10.2. The number of amides is 1. The van der Waals surface area contributed by atoms with Gasteiger partial charge >= 0.3 is 0 Å². The summed E-state index contributed by atoms with van der Waals surface area (Å²) in [5.74, 6) is 1.44. The Bertz CT molecular complexity index is 995. The number of carbonyl (C=O) groups is 1. The Morgan fingerprint density at radius 2 is 1.83 bits per heavy atom. The highest BCUT2D eigenvalue weighted by Gasteiger charge is 2.19.